The number of fused-ring (bicyclic) bond motifs is 3. The molecule has 2 heterocycles. The van der Waals surface area contributed by atoms with Crippen molar-refractivity contribution in [2.45, 2.75) is 25.3 Å². The molecule has 0 spiro atoms. The molecular weight excluding hydrogens is 322 g/mol. The van der Waals surface area contributed by atoms with Gasteiger partial charge in [0.25, 0.3) is 0 Å². The van der Waals surface area contributed by atoms with Crippen LogP contribution in [0.4, 0.5) is 5.82 Å². The minimum absolute atomic E-state index is 0.333. The van der Waals surface area contributed by atoms with Crippen LogP contribution in [-0.4, -0.2) is 23.0 Å². The van der Waals surface area contributed by atoms with Crippen LogP contribution < -0.4 is 5.32 Å². The van der Waals surface area contributed by atoms with Gasteiger partial charge in [0.05, 0.1) is 12.5 Å². The fourth-order valence-corrected chi connectivity index (χ4v) is 4.45. The van der Waals surface area contributed by atoms with Crippen LogP contribution in [0.15, 0.2) is 36.7 Å². The van der Waals surface area contributed by atoms with Gasteiger partial charge >= 0.3 is 5.97 Å². The Morgan fingerprint density at radius 2 is 2.08 bits per heavy atom. The number of aromatic nitrogens is 2. The number of carbonyl (C=O) groups excluding carboxylic acids is 1. The summed E-state index contributed by atoms with van der Waals surface area (Å²) in [6.07, 6.45) is 4.88. The molecule has 0 radical (unpaired) electrons. The monoisotopic (exact) mass is 339 g/mol. The molecule has 0 saturated heterocycles. The number of nitrogens with zero attached hydrogens (tertiary/aromatic N) is 2. The Morgan fingerprint density at radius 3 is 2.88 bits per heavy atom. The van der Waals surface area contributed by atoms with Crippen molar-refractivity contribution in [1.82, 2.24) is 9.97 Å². The highest BCUT2D eigenvalue weighted by Crippen LogP contribution is 2.39. The van der Waals surface area contributed by atoms with E-state index in [1.54, 1.807) is 17.7 Å². The zero-order valence-electron chi connectivity index (χ0n) is 13.3. The second-order valence-electron chi connectivity index (χ2n) is 5.77. The van der Waals surface area contributed by atoms with E-state index in [0.717, 1.165) is 28.6 Å². The van der Waals surface area contributed by atoms with Crippen molar-refractivity contribution in [3.05, 3.63) is 52.7 Å². The predicted octanol–water partition coefficient (Wildman–Crippen LogP) is 3.51. The van der Waals surface area contributed by atoms with Crippen LogP contribution in [0.5, 0.6) is 0 Å². The van der Waals surface area contributed by atoms with Gasteiger partial charge < -0.3 is 10.1 Å². The third-order valence-corrected chi connectivity index (χ3v) is 5.55. The average molecular weight is 339 g/mol. The Morgan fingerprint density at radius 1 is 1.25 bits per heavy atom. The van der Waals surface area contributed by atoms with Crippen molar-refractivity contribution in [3.8, 4) is 0 Å². The Labute approximate surface area is 143 Å². The molecule has 1 aromatic carbocycles. The zero-order chi connectivity index (χ0) is 16.5. The first-order chi connectivity index (χ1) is 11.8. The molecule has 0 saturated carbocycles. The van der Waals surface area contributed by atoms with Gasteiger partial charge in [0.15, 0.2) is 6.04 Å². The van der Waals surface area contributed by atoms with Crippen LogP contribution in [0.25, 0.3) is 10.2 Å². The fourth-order valence-electron chi connectivity index (χ4n) is 3.22. The summed E-state index contributed by atoms with van der Waals surface area (Å²) in [7, 11) is 1.40. The molecule has 4 rings (SSSR count). The number of hydrogen-bond acceptors (Lipinski definition) is 6. The van der Waals surface area contributed by atoms with Crippen molar-refractivity contribution in [1.29, 1.82) is 0 Å². The van der Waals surface area contributed by atoms with Crippen LogP contribution in [0.2, 0.25) is 0 Å². The van der Waals surface area contributed by atoms with Crippen LogP contribution in [0.3, 0.4) is 0 Å². The van der Waals surface area contributed by atoms with Crippen molar-refractivity contribution in [2.75, 3.05) is 12.4 Å². The van der Waals surface area contributed by atoms with Crippen LogP contribution in [0, 0.1) is 0 Å². The van der Waals surface area contributed by atoms with Gasteiger partial charge in [-0.3, -0.25) is 0 Å². The smallest absolute Gasteiger partial charge is 0.333 e. The number of hydrogen-bond donors (Lipinski definition) is 1. The second-order valence-corrected chi connectivity index (χ2v) is 6.85. The lowest BCUT2D eigenvalue weighted by Crippen LogP contribution is -2.23. The summed E-state index contributed by atoms with van der Waals surface area (Å²) in [4.78, 5) is 23.5. The van der Waals surface area contributed by atoms with Crippen LogP contribution in [-0.2, 0) is 22.4 Å². The molecule has 24 heavy (non-hydrogen) atoms. The number of nitrogens with one attached hydrogen (secondary N) is 1. The number of methoxy groups -OCH3 is 1. The van der Waals surface area contributed by atoms with E-state index in [2.05, 4.69) is 15.3 Å². The van der Waals surface area contributed by atoms with E-state index in [1.807, 2.05) is 30.3 Å². The molecule has 2 aromatic heterocycles. The largest absolute Gasteiger partial charge is 0.467 e. The second kappa shape index (κ2) is 6.20. The van der Waals surface area contributed by atoms with Crippen molar-refractivity contribution >= 4 is 33.3 Å². The molecule has 122 valence electrons. The highest BCUT2D eigenvalue weighted by atomic mass is 32.1. The third kappa shape index (κ3) is 2.53. The number of rotatable bonds is 4. The van der Waals surface area contributed by atoms with Gasteiger partial charge in [-0.15, -0.1) is 11.3 Å². The van der Waals surface area contributed by atoms with Gasteiger partial charge in [0.1, 0.15) is 17.0 Å². The molecule has 0 aliphatic heterocycles. The van der Waals surface area contributed by atoms with Crippen LogP contribution in [0.1, 0.15) is 28.5 Å². The molecule has 0 bridgehead atoms. The molecule has 1 aliphatic rings. The van der Waals surface area contributed by atoms with Crippen molar-refractivity contribution in [2.24, 2.45) is 0 Å². The van der Waals surface area contributed by atoms with E-state index in [4.69, 9.17) is 4.74 Å². The van der Waals surface area contributed by atoms with Gasteiger partial charge in [-0.2, -0.15) is 0 Å². The lowest BCUT2D eigenvalue weighted by Gasteiger charge is -2.18. The van der Waals surface area contributed by atoms with Crippen LogP contribution >= 0.6 is 11.3 Å². The van der Waals surface area contributed by atoms with Crippen molar-refractivity contribution in [3.63, 3.8) is 0 Å². The van der Waals surface area contributed by atoms with Gasteiger partial charge in [-0.1, -0.05) is 30.3 Å². The minimum Gasteiger partial charge on any atom is -0.467 e. The topological polar surface area (TPSA) is 64.1 Å². The first kappa shape index (κ1) is 15.1. The molecule has 0 unspecified atom stereocenters. The number of esters is 1. The van der Waals surface area contributed by atoms with E-state index >= 15 is 0 Å². The normalized spacial score (nSPS) is 14.4. The maximum atomic E-state index is 12.3. The van der Waals surface area contributed by atoms with Gasteiger partial charge in [-0.05, 0) is 30.4 Å². The van der Waals surface area contributed by atoms with E-state index in [-0.39, 0.29) is 5.97 Å². The highest BCUT2D eigenvalue weighted by molar-refractivity contribution is 7.19. The Bertz CT molecular complexity index is 892. The number of anilines is 1. The Balaban J connectivity index is 1.78. The number of aryl methyl sites for hydroxylation is 2. The maximum Gasteiger partial charge on any atom is 0.333 e. The molecule has 6 heteroatoms. The van der Waals surface area contributed by atoms with E-state index in [9.17, 15) is 4.79 Å². The van der Waals surface area contributed by atoms with Crippen molar-refractivity contribution < 1.29 is 9.53 Å². The number of carbonyl (C=O) groups is 1. The summed E-state index contributed by atoms with van der Waals surface area (Å²) >= 11 is 1.73. The molecule has 0 fully saturated rings. The molecule has 5 nitrogen and oxygen atoms in total. The molecular formula is C18H17N3O2S. The zero-order valence-corrected chi connectivity index (χ0v) is 14.1. The predicted molar refractivity (Wildman–Crippen MR) is 94.3 cm³/mol. The number of benzene rings is 1. The molecule has 3 aromatic rings. The quantitative estimate of drug-likeness (QED) is 0.737. The SMILES string of the molecule is COC(=O)[C@@H](Nc1ncnc2sc3c(c12)CCC3)c1ccccc1. The van der Waals surface area contributed by atoms with Gasteiger partial charge in [0.2, 0.25) is 0 Å². The summed E-state index contributed by atoms with van der Waals surface area (Å²) in [6.45, 7) is 0. The number of ether oxygens (including phenoxy) is 1. The maximum absolute atomic E-state index is 12.3. The van der Waals surface area contributed by atoms with E-state index < -0.39 is 6.04 Å². The summed E-state index contributed by atoms with van der Waals surface area (Å²) in [5.74, 6) is 0.374. The van der Waals surface area contributed by atoms with Gasteiger partial charge in [-0.25, -0.2) is 14.8 Å². The van der Waals surface area contributed by atoms with E-state index in [1.165, 1.54) is 24.0 Å². The first-order valence-electron chi connectivity index (χ1n) is 7.92. The standard InChI is InChI=1S/C18H17N3O2S/c1-23-18(22)15(11-6-3-2-4-7-11)21-16-14-12-8-5-9-13(12)24-17(14)20-10-19-16/h2-4,6-7,10,15H,5,8-9H2,1H3,(H,19,20,21)/t15-/m0/s1. The summed E-state index contributed by atoms with van der Waals surface area (Å²) in [5.41, 5.74) is 2.18. The summed E-state index contributed by atoms with van der Waals surface area (Å²) < 4.78 is 4.98. The molecule has 1 aliphatic carbocycles. The Hall–Kier alpha value is -2.47. The van der Waals surface area contributed by atoms with E-state index in [0.29, 0.717) is 5.82 Å². The average Bonchev–Trinajstić information content (AvgIpc) is 3.20. The fraction of sp³-hybridized carbons (Fsp3) is 0.278. The third-order valence-electron chi connectivity index (χ3n) is 4.35. The summed E-state index contributed by atoms with van der Waals surface area (Å²) in [6, 6.07) is 8.96. The summed E-state index contributed by atoms with van der Waals surface area (Å²) in [5, 5.41) is 4.34. The number of thiophene rings is 1. The Kier molecular flexibility index (Phi) is 3.90. The highest BCUT2D eigenvalue weighted by Gasteiger charge is 2.26. The first-order valence-corrected chi connectivity index (χ1v) is 8.74. The van der Waals surface area contributed by atoms with Gasteiger partial charge in [0, 0.05) is 4.88 Å². The lowest BCUT2D eigenvalue weighted by atomic mass is 10.1. The molecule has 1 atom stereocenters. The molecule has 1 N–H and O–H groups in total. The molecule has 0 amide bonds. The minimum atomic E-state index is -0.591. The lowest BCUT2D eigenvalue weighted by molar-refractivity contribution is -0.141.